The second kappa shape index (κ2) is 3.90. The zero-order valence-electron chi connectivity index (χ0n) is 9.77. The van der Waals surface area contributed by atoms with Crippen molar-refractivity contribution in [2.75, 3.05) is 23.7 Å². The molecule has 3 N–H and O–H groups in total. The van der Waals surface area contributed by atoms with Crippen molar-refractivity contribution in [2.24, 2.45) is 0 Å². The van der Waals surface area contributed by atoms with Gasteiger partial charge in [-0.3, -0.25) is 0 Å². The maximum absolute atomic E-state index is 10.1. The number of hydrogen-bond acceptors (Lipinski definition) is 5. The maximum atomic E-state index is 10.1. The van der Waals surface area contributed by atoms with Crippen molar-refractivity contribution < 1.29 is 5.11 Å². The van der Waals surface area contributed by atoms with Gasteiger partial charge in [0, 0.05) is 24.8 Å². The van der Waals surface area contributed by atoms with Crippen LogP contribution in [0.2, 0.25) is 0 Å². The van der Waals surface area contributed by atoms with Gasteiger partial charge in [0.25, 0.3) is 0 Å². The summed E-state index contributed by atoms with van der Waals surface area (Å²) in [6.07, 6.45) is 3.53. The first-order valence-corrected chi connectivity index (χ1v) is 5.54. The minimum Gasteiger partial charge on any atom is -0.388 e. The molecular formula is C11H18N4O. The molecule has 88 valence electrons. The fourth-order valence-electron chi connectivity index (χ4n) is 2.17. The van der Waals surface area contributed by atoms with Crippen LogP contribution >= 0.6 is 0 Å². The number of nitrogens with zero attached hydrogens (tertiary/aromatic N) is 3. The maximum Gasteiger partial charge on any atom is 0.221 e. The van der Waals surface area contributed by atoms with Crippen LogP contribution in [0.4, 0.5) is 11.8 Å². The summed E-state index contributed by atoms with van der Waals surface area (Å²) in [7, 11) is 0. The Hall–Kier alpha value is -1.36. The van der Waals surface area contributed by atoms with Crippen molar-refractivity contribution >= 4 is 11.8 Å². The van der Waals surface area contributed by atoms with Crippen LogP contribution < -0.4 is 10.6 Å². The fourth-order valence-corrected chi connectivity index (χ4v) is 2.17. The van der Waals surface area contributed by atoms with Crippen molar-refractivity contribution in [1.82, 2.24) is 9.97 Å². The Kier molecular flexibility index (Phi) is 2.71. The SMILES string of the molecule is Cc1cnc(N)nc1N1CCCC(C)(O)C1. The highest BCUT2D eigenvalue weighted by Crippen LogP contribution is 2.26. The van der Waals surface area contributed by atoms with E-state index in [1.54, 1.807) is 6.20 Å². The van der Waals surface area contributed by atoms with Crippen molar-refractivity contribution in [3.63, 3.8) is 0 Å². The lowest BCUT2D eigenvalue weighted by molar-refractivity contribution is 0.0447. The van der Waals surface area contributed by atoms with Crippen LogP contribution in [0.15, 0.2) is 6.20 Å². The Labute approximate surface area is 95.3 Å². The summed E-state index contributed by atoms with van der Waals surface area (Å²) in [5.41, 5.74) is 5.95. The molecule has 5 heteroatoms. The molecule has 1 saturated heterocycles. The van der Waals surface area contributed by atoms with E-state index in [-0.39, 0.29) is 5.95 Å². The molecular weight excluding hydrogens is 204 g/mol. The van der Waals surface area contributed by atoms with E-state index in [4.69, 9.17) is 5.73 Å². The Morgan fingerprint density at radius 2 is 2.31 bits per heavy atom. The molecule has 1 aliphatic rings. The van der Waals surface area contributed by atoms with Gasteiger partial charge in [-0.2, -0.15) is 4.98 Å². The Morgan fingerprint density at radius 3 is 3.00 bits per heavy atom. The third-order valence-corrected chi connectivity index (χ3v) is 2.94. The molecule has 0 amide bonds. The van der Waals surface area contributed by atoms with Crippen LogP contribution in [0.25, 0.3) is 0 Å². The summed E-state index contributed by atoms with van der Waals surface area (Å²) in [5, 5.41) is 10.1. The number of aliphatic hydroxyl groups is 1. The van der Waals surface area contributed by atoms with E-state index in [0.29, 0.717) is 6.54 Å². The van der Waals surface area contributed by atoms with Crippen LogP contribution in [-0.4, -0.2) is 33.8 Å². The molecule has 5 nitrogen and oxygen atoms in total. The van der Waals surface area contributed by atoms with E-state index in [2.05, 4.69) is 14.9 Å². The van der Waals surface area contributed by atoms with E-state index < -0.39 is 5.60 Å². The second-order valence-electron chi connectivity index (χ2n) is 4.76. The van der Waals surface area contributed by atoms with Gasteiger partial charge in [0.15, 0.2) is 0 Å². The standard InChI is InChI=1S/C11H18N4O/c1-8-6-13-10(12)14-9(8)15-5-3-4-11(2,16)7-15/h6,16H,3-5,7H2,1-2H3,(H2,12,13,14). The number of aromatic nitrogens is 2. The topological polar surface area (TPSA) is 75.3 Å². The van der Waals surface area contributed by atoms with Crippen LogP contribution in [0.3, 0.4) is 0 Å². The van der Waals surface area contributed by atoms with Crippen LogP contribution in [0.5, 0.6) is 0 Å². The van der Waals surface area contributed by atoms with Gasteiger partial charge < -0.3 is 15.7 Å². The molecule has 16 heavy (non-hydrogen) atoms. The van der Waals surface area contributed by atoms with Gasteiger partial charge in [0.2, 0.25) is 5.95 Å². The van der Waals surface area contributed by atoms with Gasteiger partial charge in [-0.15, -0.1) is 0 Å². The number of aryl methyl sites for hydroxylation is 1. The first-order chi connectivity index (χ1) is 7.48. The lowest BCUT2D eigenvalue weighted by atomic mass is 9.95. The molecule has 2 rings (SSSR count). The highest BCUT2D eigenvalue weighted by atomic mass is 16.3. The minimum absolute atomic E-state index is 0.283. The average molecular weight is 222 g/mol. The van der Waals surface area contributed by atoms with Gasteiger partial charge in [-0.1, -0.05) is 0 Å². The summed E-state index contributed by atoms with van der Waals surface area (Å²) >= 11 is 0. The molecule has 1 aliphatic heterocycles. The number of anilines is 2. The molecule has 0 spiro atoms. The average Bonchev–Trinajstić information content (AvgIpc) is 2.20. The van der Waals surface area contributed by atoms with E-state index in [9.17, 15) is 5.11 Å². The van der Waals surface area contributed by atoms with Gasteiger partial charge >= 0.3 is 0 Å². The van der Waals surface area contributed by atoms with Crippen molar-refractivity contribution in [3.05, 3.63) is 11.8 Å². The summed E-state index contributed by atoms with van der Waals surface area (Å²) in [6, 6.07) is 0. The van der Waals surface area contributed by atoms with Crippen molar-refractivity contribution in [1.29, 1.82) is 0 Å². The van der Waals surface area contributed by atoms with Crippen LogP contribution in [0, 0.1) is 6.92 Å². The summed E-state index contributed by atoms with van der Waals surface area (Å²) in [5.74, 6) is 1.12. The van der Waals surface area contributed by atoms with Crippen LogP contribution in [0.1, 0.15) is 25.3 Å². The van der Waals surface area contributed by atoms with E-state index >= 15 is 0 Å². The van der Waals surface area contributed by atoms with Gasteiger partial charge in [-0.25, -0.2) is 4.98 Å². The Morgan fingerprint density at radius 1 is 1.56 bits per heavy atom. The Balaban J connectivity index is 2.26. The van der Waals surface area contributed by atoms with Gasteiger partial charge in [0.05, 0.1) is 5.60 Å². The molecule has 1 aromatic heterocycles. The third kappa shape index (κ3) is 2.24. The Bertz CT molecular complexity index is 392. The molecule has 1 atom stereocenters. The summed E-state index contributed by atoms with van der Waals surface area (Å²) in [6.45, 7) is 5.33. The third-order valence-electron chi connectivity index (χ3n) is 2.94. The molecule has 1 fully saturated rings. The fraction of sp³-hybridized carbons (Fsp3) is 0.636. The zero-order valence-corrected chi connectivity index (χ0v) is 9.77. The zero-order chi connectivity index (χ0) is 11.8. The first kappa shape index (κ1) is 11.1. The molecule has 0 saturated carbocycles. The number of nitrogen functional groups attached to an aromatic ring is 1. The quantitative estimate of drug-likeness (QED) is 0.732. The highest BCUT2D eigenvalue weighted by molar-refractivity contribution is 5.48. The van der Waals surface area contributed by atoms with Crippen molar-refractivity contribution in [2.45, 2.75) is 32.3 Å². The number of rotatable bonds is 1. The number of nitrogens with two attached hydrogens (primary N) is 1. The lowest BCUT2D eigenvalue weighted by Gasteiger charge is -2.38. The molecule has 0 radical (unpaired) electrons. The largest absolute Gasteiger partial charge is 0.388 e. The van der Waals surface area contributed by atoms with E-state index in [1.807, 2.05) is 13.8 Å². The van der Waals surface area contributed by atoms with Crippen LogP contribution in [-0.2, 0) is 0 Å². The molecule has 0 aliphatic carbocycles. The highest BCUT2D eigenvalue weighted by Gasteiger charge is 2.29. The van der Waals surface area contributed by atoms with Crippen molar-refractivity contribution in [3.8, 4) is 0 Å². The predicted octanol–water partition coefficient (Wildman–Crippen LogP) is 0.718. The molecule has 1 aromatic rings. The predicted molar refractivity (Wildman–Crippen MR) is 63.3 cm³/mol. The number of β-amino-alcohol motifs (C(OH)–C–C–N with tert-alkyl or cyclic N) is 1. The molecule has 0 aromatic carbocycles. The smallest absolute Gasteiger partial charge is 0.221 e. The first-order valence-electron chi connectivity index (χ1n) is 5.54. The molecule has 2 heterocycles. The van der Waals surface area contributed by atoms with Gasteiger partial charge in [0.1, 0.15) is 5.82 Å². The minimum atomic E-state index is -0.635. The second-order valence-corrected chi connectivity index (χ2v) is 4.76. The normalized spacial score (nSPS) is 25.8. The summed E-state index contributed by atoms with van der Waals surface area (Å²) in [4.78, 5) is 10.3. The monoisotopic (exact) mass is 222 g/mol. The molecule has 1 unspecified atom stereocenters. The van der Waals surface area contributed by atoms with E-state index in [1.165, 1.54) is 0 Å². The van der Waals surface area contributed by atoms with E-state index in [0.717, 1.165) is 30.8 Å². The number of hydrogen-bond donors (Lipinski definition) is 2. The lowest BCUT2D eigenvalue weighted by Crippen LogP contribution is -2.46. The molecule has 0 bridgehead atoms. The number of piperidine rings is 1. The van der Waals surface area contributed by atoms with Gasteiger partial charge in [-0.05, 0) is 26.7 Å². The summed E-state index contributed by atoms with van der Waals surface area (Å²) < 4.78 is 0.